The molecule has 1 amide bonds. The van der Waals surface area contributed by atoms with Gasteiger partial charge in [0.15, 0.2) is 0 Å². The van der Waals surface area contributed by atoms with Gasteiger partial charge in [0, 0.05) is 5.69 Å². The minimum absolute atomic E-state index is 0. The third-order valence-corrected chi connectivity index (χ3v) is 5.28. The van der Waals surface area contributed by atoms with E-state index in [4.69, 9.17) is 0 Å². The van der Waals surface area contributed by atoms with Gasteiger partial charge in [-0.1, -0.05) is 109 Å². The van der Waals surface area contributed by atoms with Crippen LogP contribution in [0.15, 0.2) is 121 Å². The molecule has 0 unspecified atom stereocenters. The molecule has 0 aliphatic heterocycles. The second-order valence-corrected chi connectivity index (χ2v) is 7.44. The summed E-state index contributed by atoms with van der Waals surface area (Å²) in [5, 5.41) is 3.50. The van der Waals surface area contributed by atoms with Gasteiger partial charge < -0.3 is 4.90 Å². The van der Waals surface area contributed by atoms with Crippen molar-refractivity contribution in [3.05, 3.63) is 138 Å². The lowest BCUT2D eigenvalue weighted by molar-refractivity contribution is -0.118. The van der Waals surface area contributed by atoms with Gasteiger partial charge in [0.1, 0.15) is 0 Å². The molecule has 0 spiro atoms. The zero-order valence-corrected chi connectivity index (χ0v) is 18.6. The predicted molar refractivity (Wildman–Crippen MR) is 134 cm³/mol. The van der Waals surface area contributed by atoms with Gasteiger partial charge in [-0.3, -0.25) is 10.1 Å². The molecule has 0 atom stereocenters. The Balaban J connectivity index is 0.00000289. The molecule has 4 rings (SSSR count). The highest BCUT2D eigenvalue weighted by Gasteiger charge is 2.19. The fourth-order valence-corrected chi connectivity index (χ4v) is 3.70. The molecule has 1 N–H and O–H groups in total. The zero-order valence-electron chi connectivity index (χ0n) is 17.8. The van der Waals surface area contributed by atoms with Gasteiger partial charge in [-0.2, -0.15) is 0 Å². The van der Waals surface area contributed by atoms with Crippen molar-refractivity contribution in [2.75, 3.05) is 11.4 Å². The maximum Gasteiger partial charge on any atom is 0.241 e. The molecule has 0 saturated heterocycles. The Bertz CT molecular complexity index is 1030. The number of nitrogens with zero attached hydrogens (tertiary/aromatic N) is 1. The van der Waals surface area contributed by atoms with E-state index in [1.807, 2.05) is 102 Å². The lowest BCUT2D eigenvalue weighted by Crippen LogP contribution is -2.39. The van der Waals surface area contributed by atoms with Gasteiger partial charge in [0.25, 0.3) is 0 Å². The highest BCUT2D eigenvalue weighted by atomic mass is 35.5. The van der Waals surface area contributed by atoms with Crippen LogP contribution in [0.25, 0.3) is 0 Å². The number of rotatable bonds is 8. The molecule has 3 nitrogen and oxygen atoms in total. The van der Waals surface area contributed by atoms with E-state index in [1.54, 1.807) is 0 Å². The fourth-order valence-electron chi connectivity index (χ4n) is 3.70. The van der Waals surface area contributed by atoms with Crippen molar-refractivity contribution >= 4 is 24.0 Å². The Hall–Kier alpha value is -3.40. The predicted octanol–water partition coefficient (Wildman–Crippen LogP) is 6.02. The first kappa shape index (κ1) is 23.3. The molecule has 0 saturated carbocycles. The minimum Gasteiger partial charge on any atom is -0.307 e. The summed E-state index contributed by atoms with van der Waals surface area (Å²) in [6.07, 6.45) is 0. The van der Waals surface area contributed by atoms with Crippen molar-refractivity contribution in [1.82, 2.24) is 5.32 Å². The van der Waals surface area contributed by atoms with Crippen molar-refractivity contribution in [1.29, 1.82) is 0 Å². The van der Waals surface area contributed by atoms with E-state index in [1.165, 1.54) is 0 Å². The molecule has 4 aromatic rings. The minimum atomic E-state index is -0.0549. The van der Waals surface area contributed by atoms with Gasteiger partial charge in [0.05, 0.1) is 19.1 Å². The molecule has 0 heterocycles. The standard InChI is InChI=1S/C28H26N2O.ClH/c31-27(30(26-19-11-4-12-20-26)22-23-13-5-1-6-14-23)21-29-28(24-15-7-2-8-16-24)25-17-9-3-10-18-25;/h1-20,28-29H,21-22H2;1H. The Morgan fingerprint density at radius 3 is 1.59 bits per heavy atom. The van der Waals surface area contributed by atoms with Crippen molar-refractivity contribution in [3.8, 4) is 0 Å². The number of hydrogen-bond acceptors (Lipinski definition) is 2. The quantitative estimate of drug-likeness (QED) is 0.362. The van der Waals surface area contributed by atoms with Gasteiger partial charge in [-0.25, -0.2) is 0 Å². The smallest absolute Gasteiger partial charge is 0.241 e. The van der Waals surface area contributed by atoms with Crippen LogP contribution in [-0.2, 0) is 11.3 Å². The highest BCUT2D eigenvalue weighted by Crippen LogP contribution is 2.22. The van der Waals surface area contributed by atoms with E-state index >= 15 is 0 Å². The third-order valence-electron chi connectivity index (χ3n) is 5.28. The molecule has 0 bridgehead atoms. The van der Waals surface area contributed by atoms with Gasteiger partial charge in [0.2, 0.25) is 5.91 Å². The van der Waals surface area contributed by atoms with Crippen molar-refractivity contribution in [3.63, 3.8) is 0 Å². The number of nitrogens with one attached hydrogen (secondary N) is 1. The molecule has 0 aliphatic rings. The first-order chi connectivity index (χ1) is 15.3. The Kier molecular flexibility index (Phi) is 8.61. The van der Waals surface area contributed by atoms with Crippen LogP contribution in [-0.4, -0.2) is 12.5 Å². The molecule has 0 aliphatic carbocycles. The van der Waals surface area contributed by atoms with Crippen LogP contribution >= 0.6 is 12.4 Å². The average Bonchev–Trinajstić information content (AvgIpc) is 2.85. The summed E-state index contributed by atoms with van der Waals surface area (Å²) >= 11 is 0. The fraction of sp³-hybridized carbons (Fsp3) is 0.107. The summed E-state index contributed by atoms with van der Waals surface area (Å²) in [5.41, 5.74) is 4.27. The van der Waals surface area contributed by atoms with Crippen LogP contribution in [0.5, 0.6) is 0 Å². The molecule has 0 fully saturated rings. The molecule has 0 aromatic heterocycles. The van der Waals surface area contributed by atoms with Crippen LogP contribution in [0.3, 0.4) is 0 Å². The van der Waals surface area contributed by atoms with Crippen LogP contribution in [0.1, 0.15) is 22.7 Å². The molecule has 162 valence electrons. The van der Waals surface area contributed by atoms with Crippen molar-refractivity contribution in [2.45, 2.75) is 12.6 Å². The number of hydrogen-bond donors (Lipinski definition) is 1. The number of carbonyl (C=O) groups excluding carboxylic acids is 1. The topological polar surface area (TPSA) is 32.3 Å². The van der Waals surface area contributed by atoms with E-state index in [-0.39, 0.29) is 30.9 Å². The first-order valence-electron chi connectivity index (χ1n) is 10.5. The summed E-state index contributed by atoms with van der Waals surface area (Å²) in [7, 11) is 0. The van der Waals surface area contributed by atoms with Crippen LogP contribution in [0, 0.1) is 0 Å². The van der Waals surface area contributed by atoms with Crippen LogP contribution < -0.4 is 10.2 Å². The maximum atomic E-state index is 13.4. The number of para-hydroxylation sites is 1. The van der Waals surface area contributed by atoms with E-state index in [0.717, 1.165) is 22.4 Å². The zero-order chi connectivity index (χ0) is 21.3. The average molecular weight is 443 g/mol. The lowest BCUT2D eigenvalue weighted by Gasteiger charge is -2.25. The molecule has 4 heteroatoms. The first-order valence-corrected chi connectivity index (χ1v) is 10.5. The SMILES string of the molecule is Cl.O=C(CNC(c1ccccc1)c1ccccc1)N(Cc1ccccc1)c1ccccc1. The Morgan fingerprint density at radius 1 is 0.656 bits per heavy atom. The van der Waals surface area contributed by atoms with Crippen molar-refractivity contribution < 1.29 is 4.79 Å². The van der Waals surface area contributed by atoms with Crippen LogP contribution in [0.4, 0.5) is 5.69 Å². The molecule has 4 aromatic carbocycles. The number of carbonyl (C=O) groups is 1. The molecule has 0 radical (unpaired) electrons. The number of amides is 1. The van der Waals surface area contributed by atoms with Gasteiger partial charge in [-0.05, 0) is 28.8 Å². The molecule has 32 heavy (non-hydrogen) atoms. The number of anilines is 1. The van der Waals surface area contributed by atoms with E-state index in [0.29, 0.717) is 6.54 Å². The Morgan fingerprint density at radius 2 is 1.09 bits per heavy atom. The number of benzene rings is 4. The summed E-state index contributed by atoms with van der Waals surface area (Å²) in [4.78, 5) is 15.2. The van der Waals surface area contributed by atoms with E-state index < -0.39 is 0 Å². The van der Waals surface area contributed by atoms with Gasteiger partial charge >= 0.3 is 0 Å². The highest BCUT2D eigenvalue weighted by molar-refractivity contribution is 5.94. The van der Waals surface area contributed by atoms with Crippen LogP contribution in [0.2, 0.25) is 0 Å². The monoisotopic (exact) mass is 442 g/mol. The summed E-state index contributed by atoms with van der Waals surface area (Å²) in [6, 6.07) is 40.4. The van der Waals surface area contributed by atoms with Gasteiger partial charge in [-0.15, -0.1) is 12.4 Å². The summed E-state index contributed by atoms with van der Waals surface area (Å²) in [6.45, 7) is 0.767. The largest absolute Gasteiger partial charge is 0.307 e. The summed E-state index contributed by atoms with van der Waals surface area (Å²) < 4.78 is 0. The van der Waals surface area contributed by atoms with E-state index in [2.05, 4.69) is 29.6 Å². The lowest BCUT2D eigenvalue weighted by atomic mass is 9.99. The molecular formula is C28H27ClN2O. The summed E-state index contributed by atoms with van der Waals surface area (Å²) in [5.74, 6) is 0.0342. The second kappa shape index (κ2) is 11.8. The second-order valence-electron chi connectivity index (χ2n) is 7.44. The van der Waals surface area contributed by atoms with E-state index in [9.17, 15) is 4.79 Å². The third kappa shape index (κ3) is 6.07. The Labute approximate surface area is 196 Å². The number of halogens is 1. The normalized spacial score (nSPS) is 10.4. The maximum absolute atomic E-state index is 13.4. The molecular weight excluding hydrogens is 416 g/mol. The van der Waals surface area contributed by atoms with Crippen molar-refractivity contribution in [2.24, 2.45) is 0 Å².